The van der Waals surface area contributed by atoms with Gasteiger partial charge in [-0.3, -0.25) is 4.57 Å². The van der Waals surface area contributed by atoms with Crippen LogP contribution in [0.5, 0.6) is 0 Å². The average Bonchev–Trinajstić information content (AvgIpc) is 2.93. The first-order chi connectivity index (χ1) is 11.2. The number of anilines is 1. The molecule has 1 saturated carbocycles. The maximum atomic E-state index is 11.8. The summed E-state index contributed by atoms with van der Waals surface area (Å²) in [4.78, 5) is 2.29. The molecule has 3 atom stereocenters. The number of fused-ring (bicyclic) bond motifs is 1. The summed E-state index contributed by atoms with van der Waals surface area (Å²) in [6, 6.07) is 0. The third-order valence-electron chi connectivity index (χ3n) is 6.08. The molecule has 4 rings (SSSR count). The Labute approximate surface area is 142 Å². The summed E-state index contributed by atoms with van der Waals surface area (Å²) in [6.07, 6.45) is 0.865. The van der Waals surface area contributed by atoms with E-state index >= 15 is 0 Å². The fourth-order valence-corrected chi connectivity index (χ4v) is 5.08. The molecule has 3 unspecified atom stereocenters. The number of rotatable bonds is 3. The quantitative estimate of drug-likeness (QED) is 0.773. The Bertz CT molecular complexity index is 745. The van der Waals surface area contributed by atoms with Crippen LogP contribution in [0.3, 0.4) is 0 Å². The van der Waals surface area contributed by atoms with Crippen LogP contribution in [0.15, 0.2) is 0 Å². The van der Waals surface area contributed by atoms with Crippen molar-refractivity contribution in [3.05, 3.63) is 5.82 Å². The Hall–Kier alpha value is -1.19. The van der Waals surface area contributed by atoms with Gasteiger partial charge in [0.2, 0.25) is 16.0 Å². The molecule has 2 aliphatic heterocycles. The van der Waals surface area contributed by atoms with Gasteiger partial charge in [0.15, 0.2) is 5.82 Å². The summed E-state index contributed by atoms with van der Waals surface area (Å²) < 4.78 is 32.7. The van der Waals surface area contributed by atoms with Crippen LogP contribution < -0.4 is 4.90 Å². The van der Waals surface area contributed by atoms with Crippen molar-refractivity contribution in [1.82, 2.24) is 19.1 Å². The summed E-state index contributed by atoms with van der Waals surface area (Å²) in [5, 5.41) is 8.66. The zero-order valence-corrected chi connectivity index (χ0v) is 15.5. The largest absolute Gasteiger partial charge is 0.367 e. The van der Waals surface area contributed by atoms with Gasteiger partial charge < -0.3 is 9.64 Å². The lowest BCUT2D eigenvalue weighted by molar-refractivity contribution is -0.00888. The predicted octanol–water partition coefficient (Wildman–Crippen LogP) is 0.240. The van der Waals surface area contributed by atoms with Crippen molar-refractivity contribution in [2.75, 3.05) is 43.9 Å². The van der Waals surface area contributed by atoms with E-state index in [9.17, 15) is 8.42 Å². The number of sulfonamides is 1. The van der Waals surface area contributed by atoms with Crippen LogP contribution in [0.2, 0.25) is 0 Å². The highest BCUT2D eigenvalue weighted by atomic mass is 32.2. The summed E-state index contributed by atoms with van der Waals surface area (Å²) in [5.41, 5.74) is 0.459. The first-order valence-corrected chi connectivity index (χ1v) is 10.3. The lowest BCUT2D eigenvalue weighted by Gasteiger charge is -2.30. The molecule has 0 aromatic carbocycles. The number of hydrogen-bond donors (Lipinski definition) is 0. The number of piperidine rings is 1. The molecule has 0 N–H and O–H groups in total. The van der Waals surface area contributed by atoms with E-state index in [1.54, 1.807) is 0 Å². The van der Waals surface area contributed by atoms with Crippen LogP contribution in [0.4, 0.5) is 5.95 Å². The third-order valence-corrected chi connectivity index (χ3v) is 7.35. The molecule has 3 aliphatic rings. The fourth-order valence-electron chi connectivity index (χ4n) is 4.27. The Kier molecular flexibility index (Phi) is 3.50. The first kappa shape index (κ1) is 16.3. The molecule has 0 radical (unpaired) electrons. The topological polar surface area (TPSA) is 80.6 Å². The average molecular weight is 355 g/mol. The molecule has 3 heterocycles. The normalized spacial score (nSPS) is 32.8. The molecular formula is C15H25N5O3S. The summed E-state index contributed by atoms with van der Waals surface area (Å²) in [6.45, 7) is 7.76. The van der Waals surface area contributed by atoms with Crippen molar-refractivity contribution >= 4 is 16.0 Å². The van der Waals surface area contributed by atoms with Crippen molar-refractivity contribution in [2.45, 2.75) is 20.0 Å². The Morgan fingerprint density at radius 2 is 1.83 bits per heavy atom. The highest BCUT2D eigenvalue weighted by Gasteiger charge is 2.62. The lowest BCUT2D eigenvalue weighted by atomic mass is 10.1. The van der Waals surface area contributed by atoms with Gasteiger partial charge in [0, 0.05) is 33.2 Å². The molecule has 2 saturated heterocycles. The second-order valence-corrected chi connectivity index (χ2v) is 9.82. The van der Waals surface area contributed by atoms with E-state index in [1.807, 2.05) is 11.6 Å². The molecule has 9 heteroatoms. The van der Waals surface area contributed by atoms with Gasteiger partial charge in [-0.2, -0.15) is 4.31 Å². The number of hydrogen-bond acceptors (Lipinski definition) is 6. The maximum Gasteiger partial charge on any atom is 0.227 e. The van der Waals surface area contributed by atoms with Crippen LogP contribution in [0.25, 0.3) is 0 Å². The molecule has 3 fully saturated rings. The van der Waals surface area contributed by atoms with E-state index in [0.717, 1.165) is 30.9 Å². The minimum atomic E-state index is -3.22. The highest BCUT2D eigenvalue weighted by Crippen LogP contribution is 2.62. The van der Waals surface area contributed by atoms with E-state index in [2.05, 4.69) is 28.9 Å². The molecule has 1 aromatic heterocycles. The van der Waals surface area contributed by atoms with E-state index in [-0.39, 0.29) is 6.10 Å². The van der Waals surface area contributed by atoms with Gasteiger partial charge in [-0.05, 0) is 17.3 Å². The SMILES string of the molecule is Cn1c(C2CN(S(C)(=O)=O)CCO2)nnc1N1CC2C(C1)C2(C)C. The van der Waals surface area contributed by atoms with Gasteiger partial charge in [-0.25, -0.2) is 8.42 Å². The molecule has 8 nitrogen and oxygen atoms in total. The van der Waals surface area contributed by atoms with Gasteiger partial charge in [0.05, 0.1) is 12.9 Å². The Morgan fingerprint density at radius 1 is 1.17 bits per heavy atom. The van der Waals surface area contributed by atoms with E-state index in [1.165, 1.54) is 10.6 Å². The minimum absolute atomic E-state index is 0.295. The predicted molar refractivity (Wildman–Crippen MR) is 89.1 cm³/mol. The van der Waals surface area contributed by atoms with Crippen LogP contribution >= 0.6 is 0 Å². The summed E-state index contributed by atoms with van der Waals surface area (Å²) in [5.74, 6) is 3.03. The molecule has 1 aromatic rings. The van der Waals surface area contributed by atoms with Crippen LogP contribution in [-0.2, 0) is 21.8 Å². The van der Waals surface area contributed by atoms with Gasteiger partial charge in [-0.15, -0.1) is 10.2 Å². The monoisotopic (exact) mass is 355 g/mol. The smallest absolute Gasteiger partial charge is 0.227 e. The number of ether oxygens (including phenoxy) is 1. The van der Waals surface area contributed by atoms with Crippen molar-refractivity contribution in [3.8, 4) is 0 Å². The molecular weight excluding hydrogens is 330 g/mol. The molecule has 0 spiro atoms. The van der Waals surface area contributed by atoms with E-state index < -0.39 is 10.0 Å². The van der Waals surface area contributed by atoms with Crippen LogP contribution in [0.1, 0.15) is 25.8 Å². The molecule has 134 valence electrons. The van der Waals surface area contributed by atoms with Crippen LogP contribution in [0, 0.1) is 17.3 Å². The number of aromatic nitrogens is 3. The maximum absolute atomic E-state index is 11.8. The summed E-state index contributed by atoms with van der Waals surface area (Å²) >= 11 is 0. The Morgan fingerprint density at radius 3 is 2.46 bits per heavy atom. The van der Waals surface area contributed by atoms with Gasteiger partial charge >= 0.3 is 0 Å². The third kappa shape index (κ3) is 2.44. The lowest BCUT2D eigenvalue weighted by Crippen LogP contribution is -2.42. The summed E-state index contributed by atoms with van der Waals surface area (Å²) in [7, 11) is -1.28. The first-order valence-electron chi connectivity index (χ1n) is 8.40. The number of morpholine rings is 1. The number of nitrogens with zero attached hydrogens (tertiary/aromatic N) is 5. The van der Waals surface area contributed by atoms with Crippen molar-refractivity contribution in [1.29, 1.82) is 0 Å². The Balaban J connectivity index is 1.51. The van der Waals surface area contributed by atoms with E-state index in [4.69, 9.17) is 4.74 Å². The molecule has 0 bridgehead atoms. The highest BCUT2D eigenvalue weighted by molar-refractivity contribution is 7.88. The van der Waals surface area contributed by atoms with E-state index in [0.29, 0.717) is 30.9 Å². The minimum Gasteiger partial charge on any atom is -0.367 e. The van der Waals surface area contributed by atoms with Gasteiger partial charge in [0.1, 0.15) is 6.10 Å². The molecule has 0 amide bonds. The fraction of sp³-hybridized carbons (Fsp3) is 0.867. The van der Waals surface area contributed by atoms with Crippen molar-refractivity contribution in [3.63, 3.8) is 0 Å². The van der Waals surface area contributed by atoms with Gasteiger partial charge in [0.25, 0.3) is 0 Å². The second-order valence-electron chi connectivity index (χ2n) is 7.84. The van der Waals surface area contributed by atoms with Crippen molar-refractivity contribution < 1.29 is 13.2 Å². The second kappa shape index (κ2) is 5.15. The van der Waals surface area contributed by atoms with Gasteiger partial charge in [-0.1, -0.05) is 13.8 Å². The van der Waals surface area contributed by atoms with Crippen LogP contribution in [-0.4, -0.2) is 66.5 Å². The van der Waals surface area contributed by atoms with Crippen molar-refractivity contribution in [2.24, 2.45) is 24.3 Å². The zero-order chi connectivity index (χ0) is 17.3. The standard InChI is InChI=1S/C15H25N5O3S/c1-15(2)10-7-19(8-11(10)15)14-17-16-13(18(14)3)12-9-20(5-6-23-12)24(4,21)22/h10-12H,5-9H2,1-4H3. The molecule has 1 aliphatic carbocycles. The molecule has 24 heavy (non-hydrogen) atoms. The zero-order valence-electron chi connectivity index (χ0n) is 14.6.